The van der Waals surface area contributed by atoms with E-state index in [1.165, 1.54) is 7.11 Å². The quantitative estimate of drug-likeness (QED) is 0.580. The molecule has 84 valence electrons. The van der Waals surface area contributed by atoms with E-state index in [4.69, 9.17) is 5.26 Å². The molecule has 0 unspecified atom stereocenters. The topological polar surface area (TPSA) is 50.1 Å². The lowest BCUT2D eigenvalue weighted by Gasteiger charge is -2.01. The molecule has 0 spiro atoms. The number of esters is 1. The third kappa shape index (κ3) is 4.37. The summed E-state index contributed by atoms with van der Waals surface area (Å²) in [6, 6.07) is 9.60. The van der Waals surface area contributed by atoms with Gasteiger partial charge in [-0.25, -0.2) is 0 Å². The SMILES string of the molecule is COC(=O)CCSCc1cccc(C#N)c1. The first-order valence-electron chi connectivity index (χ1n) is 4.90. The van der Waals surface area contributed by atoms with E-state index in [0.717, 1.165) is 17.1 Å². The minimum atomic E-state index is -0.182. The van der Waals surface area contributed by atoms with Crippen molar-refractivity contribution >= 4 is 17.7 Å². The Balaban J connectivity index is 2.32. The van der Waals surface area contributed by atoms with Crippen LogP contribution in [0.5, 0.6) is 0 Å². The highest BCUT2D eigenvalue weighted by Gasteiger charge is 2.00. The predicted octanol–water partition coefficient (Wildman–Crippen LogP) is 2.35. The van der Waals surface area contributed by atoms with Crippen LogP contribution in [0.25, 0.3) is 0 Å². The van der Waals surface area contributed by atoms with Crippen molar-refractivity contribution in [3.63, 3.8) is 0 Å². The monoisotopic (exact) mass is 235 g/mol. The third-order valence-corrected chi connectivity index (χ3v) is 3.03. The Morgan fingerprint density at radius 3 is 3.06 bits per heavy atom. The second-order valence-electron chi connectivity index (χ2n) is 3.19. The summed E-state index contributed by atoms with van der Waals surface area (Å²) in [5, 5.41) is 8.72. The van der Waals surface area contributed by atoms with Gasteiger partial charge in [-0.05, 0) is 17.7 Å². The molecular weight excluding hydrogens is 222 g/mol. The average molecular weight is 235 g/mol. The van der Waals surface area contributed by atoms with Gasteiger partial charge >= 0.3 is 5.97 Å². The summed E-state index contributed by atoms with van der Waals surface area (Å²) in [5.74, 6) is 1.37. The van der Waals surface area contributed by atoms with Gasteiger partial charge in [0.2, 0.25) is 0 Å². The zero-order chi connectivity index (χ0) is 11.8. The Morgan fingerprint density at radius 2 is 2.38 bits per heavy atom. The van der Waals surface area contributed by atoms with Gasteiger partial charge in [-0.15, -0.1) is 0 Å². The van der Waals surface area contributed by atoms with Gasteiger partial charge in [0.05, 0.1) is 25.2 Å². The number of hydrogen-bond acceptors (Lipinski definition) is 4. The number of carbonyl (C=O) groups excluding carboxylic acids is 1. The van der Waals surface area contributed by atoms with Crippen LogP contribution in [0.2, 0.25) is 0 Å². The van der Waals surface area contributed by atoms with E-state index >= 15 is 0 Å². The fourth-order valence-electron chi connectivity index (χ4n) is 1.18. The number of nitrogens with zero attached hydrogens (tertiary/aromatic N) is 1. The molecule has 0 amide bonds. The van der Waals surface area contributed by atoms with Crippen LogP contribution in [-0.2, 0) is 15.3 Å². The zero-order valence-electron chi connectivity index (χ0n) is 9.10. The van der Waals surface area contributed by atoms with Crippen molar-refractivity contribution < 1.29 is 9.53 Å². The number of nitriles is 1. The second kappa shape index (κ2) is 6.91. The fourth-order valence-corrected chi connectivity index (χ4v) is 2.05. The normalized spacial score (nSPS) is 9.50. The molecule has 1 aromatic carbocycles. The summed E-state index contributed by atoms with van der Waals surface area (Å²) in [7, 11) is 1.39. The van der Waals surface area contributed by atoms with Gasteiger partial charge in [0.15, 0.2) is 0 Å². The van der Waals surface area contributed by atoms with E-state index in [2.05, 4.69) is 10.8 Å². The largest absolute Gasteiger partial charge is 0.469 e. The summed E-state index contributed by atoms with van der Waals surface area (Å²) in [6.45, 7) is 0. The minimum absolute atomic E-state index is 0.182. The molecule has 3 nitrogen and oxygen atoms in total. The molecule has 0 aliphatic heterocycles. The van der Waals surface area contributed by atoms with Gasteiger partial charge in [-0.3, -0.25) is 4.79 Å². The van der Waals surface area contributed by atoms with Gasteiger partial charge in [0.25, 0.3) is 0 Å². The Morgan fingerprint density at radius 1 is 1.56 bits per heavy atom. The summed E-state index contributed by atoms with van der Waals surface area (Å²) >= 11 is 1.66. The van der Waals surface area contributed by atoms with E-state index in [1.54, 1.807) is 17.8 Å². The molecule has 1 aromatic rings. The molecule has 0 aliphatic rings. The van der Waals surface area contributed by atoms with Crippen LogP contribution in [0.3, 0.4) is 0 Å². The standard InChI is InChI=1S/C12H13NO2S/c1-15-12(14)5-6-16-9-11-4-2-3-10(7-11)8-13/h2-4,7H,5-6,9H2,1H3. The first-order valence-corrected chi connectivity index (χ1v) is 6.05. The van der Waals surface area contributed by atoms with E-state index in [1.807, 2.05) is 18.2 Å². The van der Waals surface area contributed by atoms with Gasteiger partial charge < -0.3 is 4.74 Å². The highest BCUT2D eigenvalue weighted by Crippen LogP contribution is 2.14. The third-order valence-electron chi connectivity index (χ3n) is 2.00. The van der Waals surface area contributed by atoms with Crippen molar-refractivity contribution in [1.29, 1.82) is 5.26 Å². The molecule has 0 atom stereocenters. The molecule has 0 aromatic heterocycles. The highest BCUT2D eigenvalue weighted by atomic mass is 32.2. The number of hydrogen-bond donors (Lipinski definition) is 0. The van der Waals surface area contributed by atoms with Gasteiger partial charge in [0.1, 0.15) is 0 Å². The zero-order valence-corrected chi connectivity index (χ0v) is 9.92. The van der Waals surface area contributed by atoms with Gasteiger partial charge in [0, 0.05) is 11.5 Å². The number of carbonyl (C=O) groups is 1. The van der Waals surface area contributed by atoms with Crippen molar-refractivity contribution in [3.8, 4) is 6.07 Å². The molecule has 1 rings (SSSR count). The Bertz CT molecular complexity index is 398. The lowest BCUT2D eigenvalue weighted by Crippen LogP contribution is -2.01. The summed E-state index contributed by atoms with van der Waals surface area (Å²) < 4.78 is 4.54. The molecule has 0 heterocycles. The van der Waals surface area contributed by atoms with Crippen molar-refractivity contribution in [3.05, 3.63) is 35.4 Å². The van der Waals surface area contributed by atoms with Crippen molar-refractivity contribution in [1.82, 2.24) is 0 Å². The van der Waals surface area contributed by atoms with Crippen LogP contribution >= 0.6 is 11.8 Å². The summed E-state index contributed by atoms with van der Waals surface area (Å²) in [5.41, 5.74) is 1.78. The molecule has 0 aliphatic carbocycles. The molecule has 16 heavy (non-hydrogen) atoms. The number of ether oxygens (including phenoxy) is 1. The molecule has 0 saturated heterocycles. The van der Waals surface area contributed by atoms with E-state index < -0.39 is 0 Å². The molecule has 0 N–H and O–H groups in total. The maximum Gasteiger partial charge on any atom is 0.306 e. The van der Waals surface area contributed by atoms with Crippen molar-refractivity contribution in [2.75, 3.05) is 12.9 Å². The molecular formula is C12H13NO2S. The van der Waals surface area contributed by atoms with Crippen LogP contribution in [0, 0.1) is 11.3 Å². The van der Waals surface area contributed by atoms with Crippen LogP contribution in [-0.4, -0.2) is 18.8 Å². The van der Waals surface area contributed by atoms with Gasteiger partial charge in [-0.2, -0.15) is 17.0 Å². The Hall–Kier alpha value is -1.47. The number of benzene rings is 1. The molecule has 0 radical (unpaired) electrons. The van der Waals surface area contributed by atoms with Crippen LogP contribution in [0.1, 0.15) is 17.5 Å². The molecule has 0 saturated carbocycles. The first kappa shape index (κ1) is 12.6. The Kier molecular flexibility index (Phi) is 5.44. The number of thioether (sulfide) groups is 1. The maximum atomic E-state index is 10.8. The Labute approximate surface area is 99.4 Å². The van der Waals surface area contributed by atoms with Crippen LogP contribution in [0.4, 0.5) is 0 Å². The molecule has 0 fully saturated rings. The average Bonchev–Trinajstić information content (AvgIpc) is 2.34. The molecule has 4 heteroatoms. The first-order chi connectivity index (χ1) is 7.76. The highest BCUT2D eigenvalue weighted by molar-refractivity contribution is 7.98. The fraction of sp³-hybridized carbons (Fsp3) is 0.333. The summed E-state index contributed by atoms with van der Waals surface area (Å²) in [4.78, 5) is 10.8. The van der Waals surface area contributed by atoms with E-state index in [9.17, 15) is 4.79 Å². The molecule has 0 bridgehead atoms. The lowest BCUT2D eigenvalue weighted by molar-refractivity contribution is -0.140. The second-order valence-corrected chi connectivity index (χ2v) is 4.30. The van der Waals surface area contributed by atoms with Crippen LogP contribution in [0.15, 0.2) is 24.3 Å². The van der Waals surface area contributed by atoms with Crippen molar-refractivity contribution in [2.45, 2.75) is 12.2 Å². The lowest BCUT2D eigenvalue weighted by atomic mass is 10.2. The van der Waals surface area contributed by atoms with Crippen LogP contribution < -0.4 is 0 Å². The predicted molar refractivity (Wildman–Crippen MR) is 64.0 cm³/mol. The number of rotatable bonds is 5. The van der Waals surface area contributed by atoms with E-state index in [-0.39, 0.29) is 5.97 Å². The van der Waals surface area contributed by atoms with Crippen molar-refractivity contribution in [2.24, 2.45) is 0 Å². The van der Waals surface area contributed by atoms with E-state index in [0.29, 0.717) is 12.0 Å². The minimum Gasteiger partial charge on any atom is -0.469 e. The number of methoxy groups -OCH3 is 1. The maximum absolute atomic E-state index is 10.8. The smallest absolute Gasteiger partial charge is 0.306 e. The van der Waals surface area contributed by atoms with Gasteiger partial charge in [-0.1, -0.05) is 12.1 Å². The summed E-state index contributed by atoms with van der Waals surface area (Å²) in [6.07, 6.45) is 0.430.